The summed E-state index contributed by atoms with van der Waals surface area (Å²) >= 11 is 0. The highest BCUT2D eigenvalue weighted by Crippen LogP contribution is 2.20. The van der Waals surface area contributed by atoms with Crippen LogP contribution in [0.15, 0.2) is 41.1 Å². The van der Waals surface area contributed by atoms with E-state index >= 15 is 0 Å². The Hall–Kier alpha value is -2.63. The Kier molecular flexibility index (Phi) is 5.51. The summed E-state index contributed by atoms with van der Waals surface area (Å²) in [6.07, 6.45) is 3.99. The number of aromatic nitrogens is 1. The minimum atomic E-state index is -0.652. The molecule has 0 fully saturated rings. The average Bonchev–Trinajstić information content (AvgIpc) is 3.08. The maximum Gasteiger partial charge on any atom is 0.313 e. The molecule has 1 N–H and O–H groups in total. The van der Waals surface area contributed by atoms with E-state index in [1.807, 2.05) is 13.0 Å². The summed E-state index contributed by atoms with van der Waals surface area (Å²) in [7, 11) is 1.64. The fraction of sp³-hybridized carbons (Fsp3) is 0.353. The zero-order valence-corrected chi connectivity index (χ0v) is 13.6. The van der Waals surface area contributed by atoms with Crippen LogP contribution in [0.1, 0.15) is 20.3 Å². The van der Waals surface area contributed by atoms with Gasteiger partial charge in [-0.25, -0.2) is 4.98 Å². The van der Waals surface area contributed by atoms with E-state index in [9.17, 15) is 9.59 Å². The molecule has 0 spiro atoms. The number of nitrogens with zero attached hydrogens (tertiary/aromatic N) is 2. The molecule has 0 radical (unpaired) electrons. The fourth-order valence-electron chi connectivity index (χ4n) is 2.13. The molecular weight excluding hydrogens is 294 g/mol. The first-order valence-electron chi connectivity index (χ1n) is 7.57. The lowest BCUT2D eigenvalue weighted by molar-refractivity contribution is -0.142. The normalized spacial score (nSPS) is 11.8. The van der Waals surface area contributed by atoms with Crippen molar-refractivity contribution in [1.82, 2.24) is 9.88 Å². The molecule has 2 aromatic rings. The second-order valence-corrected chi connectivity index (χ2v) is 5.57. The first kappa shape index (κ1) is 16.7. The van der Waals surface area contributed by atoms with Crippen LogP contribution in [0.3, 0.4) is 0 Å². The van der Waals surface area contributed by atoms with E-state index < -0.39 is 11.8 Å². The molecule has 0 aliphatic heterocycles. The van der Waals surface area contributed by atoms with Gasteiger partial charge >= 0.3 is 11.8 Å². The van der Waals surface area contributed by atoms with Gasteiger partial charge in [0.25, 0.3) is 0 Å². The van der Waals surface area contributed by atoms with E-state index in [0.717, 1.165) is 12.0 Å². The van der Waals surface area contributed by atoms with Crippen LogP contribution in [0.5, 0.6) is 0 Å². The van der Waals surface area contributed by atoms with Gasteiger partial charge in [-0.05, 0) is 24.1 Å². The molecule has 2 amide bonds. The Morgan fingerprint density at radius 1 is 1.39 bits per heavy atom. The second kappa shape index (κ2) is 7.58. The molecule has 0 unspecified atom stereocenters. The van der Waals surface area contributed by atoms with E-state index in [4.69, 9.17) is 4.42 Å². The summed E-state index contributed by atoms with van der Waals surface area (Å²) in [6.45, 7) is 4.65. The van der Waals surface area contributed by atoms with Crippen LogP contribution < -0.4 is 5.32 Å². The first-order valence-corrected chi connectivity index (χ1v) is 7.57. The Balaban J connectivity index is 2.02. The molecule has 122 valence electrons. The zero-order chi connectivity index (χ0) is 16.8. The van der Waals surface area contributed by atoms with Gasteiger partial charge in [-0.2, -0.15) is 0 Å². The number of carbonyl (C=O) groups excluding carboxylic acids is 2. The number of carbonyl (C=O) groups is 2. The number of oxazole rings is 1. The molecule has 0 saturated heterocycles. The third kappa shape index (κ3) is 4.42. The van der Waals surface area contributed by atoms with Crippen molar-refractivity contribution in [3.63, 3.8) is 0 Å². The number of anilines is 1. The van der Waals surface area contributed by atoms with Crippen LogP contribution in [-0.4, -0.2) is 35.3 Å². The fourth-order valence-corrected chi connectivity index (χ4v) is 2.13. The molecule has 0 saturated carbocycles. The Morgan fingerprint density at radius 2 is 2.17 bits per heavy atom. The molecule has 1 aromatic heterocycles. The largest absolute Gasteiger partial charge is 0.445 e. The van der Waals surface area contributed by atoms with Gasteiger partial charge in [0.2, 0.25) is 5.89 Å². The van der Waals surface area contributed by atoms with Crippen molar-refractivity contribution in [3.8, 4) is 11.5 Å². The van der Waals surface area contributed by atoms with E-state index in [0.29, 0.717) is 24.0 Å². The van der Waals surface area contributed by atoms with Crippen molar-refractivity contribution in [2.24, 2.45) is 5.92 Å². The van der Waals surface area contributed by atoms with Gasteiger partial charge in [-0.3, -0.25) is 9.59 Å². The number of nitrogens with one attached hydrogen (secondary N) is 1. The molecule has 6 heteroatoms. The van der Waals surface area contributed by atoms with E-state index in [1.54, 1.807) is 31.4 Å². The molecule has 23 heavy (non-hydrogen) atoms. The maximum atomic E-state index is 12.1. The van der Waals surface area contributed by atoms with Gasteiger partial charge < -0.3 is 14.6 Å². The highest BCUT2D eigenvalue weighted by molar-refractivity contribution is 6.39. The summed E-state index contributed by atoms with van der Waals surface area (Å²) in [5.41, 5.74) is 1.25. The number of benzene rings is 1. The lowest BCUT2D eigenvalue weighted by Gasteiger charge is -2.20. The summed E-state index contributed by atoms with van der Waals surface area (Å²) < 4.78 is 5.22. The maximum absolute atomic E-state index is 12.1. The van der Waals surface area contributed by atoms with E-state index in [-0.39, 0.29) is 0 Å². The Labute approximate surface area is 135 Å². The molecular formula is C17H21N3O3. The van der Waals surface area contributed by atoms with Crippen molar-refractivity contribution >= 4 is 17.5 Å². The summed E-state index contributed by atoms with van der Waals surface area (Å²) in [6, 6.07) is 7.01. The molecule has 1 heterocycles. The molecule has 1 atom stereocenters. The van der Waals surface area contributed by atoms with Crippen LogP contribution in [0.4, 0.5) is 5.69 Å². The lowest BCUT2D eigenvalue weighted by Crippen LogP contribution is -2.39. The number of hydrogen-bond acceptors (Lipinski definition) is 4. The number of likely N-dealkylation sites (N-methyl/N-ethyl adjacent to an activating group) is 1. The highest BCUT2D eigenvalue weighted by atomic mass is 16.3. The van der Waals surface area contributed by atoms with E-state index in [2.05, 4.69) is 17.2 Å². The van der Waals surface area contributed by atoms with Crippen molar-refractivity contribution in [1.29, 1.82) is 0 Å². The molecule has 1 aromatic carbocycles. The quantitative estimate of drug-likeness (QED) is 0.861. The topological polar surface area (TPSA) is 75.4 Å². The highest BCUT2D eigenvalue weighted by Gasteiger charge is 2.20. The number of rotatable bonds is 5. The van der Waals surface area contributed by atoms with Gasteiger partial charge in [0.15, 0.2) is 0 Å². The molecule has 0 aliphatic carbocycles. The Morgan fingerprint density at radius 3 is 2.83 bits per heavy atom. The van der Waals surface area contributed by atoms with Crippen LogP contribution in [0.2, 0.25) is 0 Å². The van der Waals surface area contributed by atoms with Gasteiger partial charge in [0.1, 0.15) is 6.26 Å². The first-order chi connectivity index (χ1) is 11.0. The smallest absolute Gasteiger partial charge is 0.313 e. The van der Waals surface area contributed by atoms with Crippen LogP contribution in [-0.2, 0) is 9.59 Å². The van der Waals surface area contributed by atoms with Crippen LogP contribution in [0, 0.1) is 5.92 Å². The lowest BCUT2D eigenvalue weighted by atomic mass is 10.1. The number of amides is 2. The average molecular weight is 315 g/mol. The monoisotopic (exact) mass is 315 g/mol. The Bertz CT molecular complexity index is 667. The van der Waals surface area contributed by atoms with Crippen molar-refractivity contribution < 1.29 is 14.0 Å². The zero-order valence-electron chi connectivity index (χ0n) is 13.6. The van der Waals surface area contributed by atoms with Gasteiger partial charge in [-0.1, -0.05) is 26.3 Å². The minimum absolute atomic E-state index is 0.352. The predicted octanol–water partition coefficient (Wildman–Crippen LogP) is 2.78. The molecule has 2 rings (SSSR count). The molecule has 6 nitrogen and oxygen atoms in total. The SMILES string of the molecule is CC[C@@H](C)CN(C)C(=O)C(=O)Nc1cccc(-c2ncco2)c1. The third-order valence-corrected chi connectivity index (χ3v) is 3.62. The third-order valence-electron chi connectivity index (χ3n) is 3.62. The number of hydrogen-bond donors (Lipinski definition) is 1. The van der Waals surface area contributed by atoms with Crippen LogP contribution >= 0.6 is 0 Å². The van der Waals surface area contributed by atoms with Gasteiger partial charge in [0, 0.05) is 24.8 Å². The van der Waals surface area contributed by atoms with Crippen LogP contribution in [0.25, 0.3) is 11.5 Å². The van der Waals surface area contributed by atoms with Gasteiger partial charge in [-0.15, -0.1) is 0 Å². The van der Waals surface area contributed by atoms with Crippen molar-refractivity contribution in [3.05, 3.63) is 36.7 Å². The standard InChI is InChI=1S/C17H21N3O3/c1-4-12(2)11-20(3)17(22)15(21)19-14-7-5-6-13(10-14)16-18-8-9-23-16/h5-10,12H,4,11H2,1-3H3,(H,19,21)/t12-/m1/s1. The predicted molar refractivity (Wildman–Crippen MR) is 87.7 cm³/mol. The molecule has 0 bridgehead atoms. The minimum Gasteiger partial charge on any atom is -0.445 e. The van der Waals surface area contributed by atoms with Gasteiger partial charge in [0.05, 0.1) is 6.20 Å². The molecule has 0 aliphatic rings. The van der Waals surface area contributed by atoms with E-state index in [1.165, 1.54) is 11.2 Å². The van der Waals surface area contributed by atoms with Crippen molar-refractivity contribution in [2.75, 3.05) is 18.9 Å². The summed E-state index contributed by atoms with van der Waals surface area (Å²) in [4.78, 5) is 29.7. The second-order valence-electron chi connectivity index (χ2n) is 5.57. The summed E-state index contributed by atoms with van der Waals surface area (Å²) in [5, 5.41) is 2.62. The summed E-state index contributed by atoms with van der Waals surface area (Å²) in [5.74, 6) is -0.390. The van der Waals surface area contributed by atoms with Crippen molar-refractivity contribution in [2.45, 2.75) is 20.3 Å².